The molecule has 0 fully saturated rings. The molecule has 100 valence electrons. The zero-order chi connectivity index (χ0) is 13.7. The van der Waals surface area contributed by atoms with Gasteiger partial charge in [0.25, 0.3) is 0 Å². The van der Waals surface area contributed by atoms with Crippen LogP contribution in [0.5, 0.6) is 0 Å². The minimum Gasteiger partial charge on any atom is -0.465 e. The maximum absolute atomic E-state index is 11.6. The second kappa shape index (κ2) is 5.86. The van der Waals surface area contributed by atoms with Gasteiger partial charge in [-0.2, -0.15) is 0 Å². The standard InChI is InChI=1S/C14H15NO3S/c1-14(17,12-5-3-9-19-12)10-15-13(16)7-6-11-4-2-8-18-11/h2-9,17H,10H2,1H3,(H,15,16)/b7-6+/t14-/m0/s1. The third-order valence-corrected chi connectivity index (χ3v) is 3.72. The third-order valence-electron chi connectivity index (χ3n) is 2.60. The highest BCUT2D eigenvalue weighted by molar-refractivity contribution is 7.10. The van der Waals surface area contributed by atoms with E-state index in [2.05, 4.69) is 5.32 Å². The van der Waals surface area contributed by atoms with E-state index in [0.29, 0.717) is 5.76 Å². The van der Waals surface area contributed by atoms with Crippen molar-refractivity contribution in [2.75, 3.05) is 6.54 Å². The van der Waals surface area contributed by atoms with Gasteiger partial charge in [-0.3, -0.25) is 4.79 Å². The van der Waals surface area contributed by atoms with E-state index in [1.54, 1.807) is 31.4 Å². The molecule has 4 nitrogen and oxygen atoms in total. The molecule has 5 heteroatoms. The average molecular weight is 277 g/mol. The first kappa shape index (κ1) is 13.6. The molecule has 0 radical (unpaired) electrons. The number of aliphatic hydroxyl groups is 1. The molecule has 19 heavy (non-hydrogen) atoms. The molecule has 2 heterocycles. The number of hydrogen-bond donors (Lipinski definition) is 2. The van der Waals surface area contributed by atoms with Crippen molar-refractivity contribution in [3.05, 3.63) is 52.6 Å². The summed E-state index contributed by atoms with van der Waals surface area (Å²) in [6, 6.07) is 7.22. The van der Waals surface area contributed by atoms with E-state index in [1.807, 2.05) is 17.5 Å². The lowest BCUT2D eigenvalue weighted by molar-refractivity contribution is -0.117. The van der Waals surface area contributed by atoms with Crippen LogP contribution in [0.2, 0.25) is 0 Å². The Hall–Kier alpha value is -1.85. The van der Waals surface area contributed by atoms with Crippen LogP contribution in [0.1, 0.15) is 17.6 Å². The van der Waals surface area contributed by atoms with Gasteiger partial charge in [0.1, 0.15) is 11.4 Å². The Labute approximate surface area is 115 Å². The fraction of sp³-hybridized carbons (Fsp3) is 0.214. The lowest BCUT2D eigenvalue weighted by Crippen LogP contribution is -2.37. The van der Waals surface area contributed by atoms with Crippen molar-refractivity contribution in [1.29, 1.82) is 0 Å². The summed E-state index contributed by atoms with van der Waals surface area (Å²) in [5.74, 6) is 0.341. The molecule has 0 aliphatic heterocycles. The van der Waals surface area contributed by atoms with E-state index in [-0.39, 0.29) is 12.5 Å². The van der Waals surface area contributed by atoms with Crippen LogP contribution in [-0.4, -0.2) is 17.6 Å². The molecule has 0 unspecified atom stereocenters. The molecule has 0 aromatic carbocycles. The molecule has 2 rings (SSSR count). The van der Waals surface area contributed by atoms with Crippen LogP contribution < -0.4 is 5.32 Å². The van der Waals surface area contributed by atoms with Gasteiger partial charge in [-0.15, -0.1) is 11.3 Å². The van der Waals surface area contributed by atoms with Crippen LogP contribution in [0, 0.1) is 0 Å². The molecular formula is C14H15NO3S. The predicted octanol–water partition coefficient (Wildman–Crippen LogP) is 2.38. The van der Waals surface area contributed by atoms with Crippen LogP contribution in [0.3, 0.4) is 0 Å². The van der Waals surface area contributed by atoms with Gasteiger partial charge in [-0.25, -0.2) is 0 Å². The van der Waals surface area contributed by atoms with Crippen molar-refractivity contribution in [1.82, 2.24) is 5.32 Å². The van der Waals surface area contributed by atoms with Crippen LogP contribution in [0.25, 0.3) is 6.08 Å². The Morgan fingerprint density at radius 2 is 2.37 bits per heavy atom. The van der Waals surface area contributed by atoms with Crippen molar-refractivity contribution in [3.8, 4) is 0 Å². The van der Waals surface area contributed by atoms with Crippen molar-refractivity contribution in [3.63, 3.8) is 0 Å². The summed E-state index contributed by atoms with van der Waals surface area (Å²) in [6.07, 6.45) is 4.50. The van der Waals surface area contributed by atoms with Gasteiger partial charge in [0.15, 0.2) is 0 Å². The SMILES string of the molecule is C[C@](O)(CNC(=O)/C=C/c1ccco1)c1cccs1. The molecule has 0 saturated heterocycles. The molecule has 1 amide bonds. The molecular weight excluding hydrogens is 262 g/mol. The maximum Gasteiger partial charge on any atom is 0.244 e. The Morgan fingerprint density at radius 3 is 3.00 bits per heavy atom. The number of nitrogens with one attached hydrogen (secondary N) is 1. The van der Waals surface area contributed by atoms with Crippen molar-refractivity contribution < 1.29 is 14.3 Å². The molecule has 0 aliphatic carbocycles. The van der Waals surface area contributed by atoms with E-state index in [0.717, 1.165) is 4.88 Å². The van der Waals surface area contributed by atoms with Crippen LogP contribution in [0.4, 0.5) is 0 Å². The van der Waals surface area contributed by atoms with Crippen molar-refractivity contribution >= 4 is 23.3 Å². The first-order chi connectivity index (χ1) is 9.08. The maximum atomic E-state index is 11.6. The fourth-order valence-electron chi connectivity index (χ4n) is 1.53. The van der Waals surface area contributed by atoms with Crippen LogP contribution in [-0.2, 0) is 10.4 Å². The van der Waals surface area contributed by atoms with Crippen LogP contribution in [0.15, 0.2) is 46.4 Å². The van der Waals surface area contributed by atoms with Gasteiger partial charge in [0.2, 0.25) is 5.91 Å². The highest BCUT2D eigenvalue weighted by Crippen LogP contribution is 2.24. The Balaban J connectivity index is 1.87. The number of furan rings is 1. The van der Waals surface area contributed by atoms with E-state index in [9.17, 15) is 9.90 Å². The average Bonchev–Trinajstić information content (AvgIpc) is 3.06. The molecule has 0 bridgehead atoms. The first-order valence-electron chi connectivity index (χ1n) is 5.84. The summed E-state index contributed by atoms with van der Waals surface area (Å²) < 4.78 is 5.07. The monoisotopic (exact) mass is 277 g/mol. The predicted molar refractivity (Wildman–Crippen MR) is 74.6 cm³/mol. The number of thiophene rings is 1. The topological polar surface area (TPSA) is 62.5 Å². The van der Waals surface area contributed by atoms with Gasteiger partial charge < -0.3 is 14.8 Å². The second-order valence-corrected chi connectivity index (χ2v) is 5.27. The summed E-state index contributed by atoms with van der Waals surface area (Å²) in [5.41, 5.74) is -1.05. The smallest absolute Gasteiger partial charge is 0.244 e. The largest absolute Gasteiger partial charge is 0.465 e. The molecule has 0 aliphatic rings. The molecule has 1 atom stereocenters. The van der Waals surface area contributed by atoms with Gasteiger partial charge in [-0.1, -0.05) is 6.07 Å². The van der Waals surface area contributed by atoms with Crippen molar-refractivity contribution in [2.24, 2.45) is 0 Å². The highest BCUT2D eigenvalue weighted by Gasteiger charge is 2.24. The zero-order valence-electron chi connectivity index (χ0n) is 10.5. The minimum atomic E-state index is -1.05. The zero-order valence-corrected chi connectivity index (χ0v) is 11.3. The summed E-state index contributed by atoms with van der Waals surface area (Å²) in [4.78, 5) is 12.4. The summed E-state index contributed by atoms with van der Waals surface area (Å²) in [5, 5.41) is 14.8. The molecule has 2 N–H and O–H groups in total. The van der Waals surface area contributed by atoms with Crippen molar-refractivity contribution in [2.45, 2.75) is 12.5 Å². The van der Waals surface area contributed by atoms with Gasteiger partial charge >= 0.3 is 0 Å². The Morgan fingerprint density at radius 1 is 1.53 bits per heavy atom. The van der Waals surface area contributed by atoms with Gasteiger partial charge in [0.05, 0.1) is 12.8 Å². The lowest BCUT2D eigenvalue weighted by atomic mass is 10.1. The minimum absolute atomic E-state index is 0.162. The highest BCUT2D eigenvalue weighted by atomic mass is 32.1. The summed E-state index contributed by atoms with van der Waals surface area (Å²) >= 11 is 1.46. The van der Waals surface area contributed by atoms with Gasteiger partial charge in [0, 0.05) is 11.0 Å². The second-order valence-electron chi connectivity index (χ2n) is 4.32. The number of carbonyl (C=O) groups is 1. The van der Waals surface area contributed by atoms with E-state index >= 15 is 0 Å². The Kier molecular flexibility index (Phi) is 4.19. The lowest BCUT2D eigenvalue weighted by Gasteiger charge is -2.21. The third kappa shape index (κ3) is 3.81. The van der Waals surface area contributed by atoms with E-state index < -0.39 is 5.60 Å². The molecule has 2 aromatic rings. The number of rotatable bonds is 5. The van der Waals surface area contributed by atoms with Crippen LogP contribution >= 0.6 is 11.3 Å². The number of hydrogen-bond acceptors (Lipinski definition) is 4. The van der Waals surface area contributed by atoms with Gasteiger partial charge in [-0.05, 0) is 36.6 Å². The van der Waals surface area contributed by atoms with E-state index in [1.165, 1.54) is 17.4 Å². The van der Waals surface area contributed by atoms with E-state index in [4.69, 9.17) is 4.42 Å². The molecule has 0 saturated carbocycles. The normalized spacial score (nSPS) is 14.4. The first-order valence-corrected chi connectivity index (χ1v) is 6.72. The summed E-state index contributed by atoms with van der Waals surface area (Å²) in [6.45, 7) is 1.84. The summed E-state index contributed by atoms with van der Waals surface area (Å²) in [7, 11) is 0. The quantitative estimate of drug-likeness (QED) is 0.825. The molecule has 0 spiro atoms. The molecule has 2 aromatic heterocycles. The Bertz CT molecular complexity index is 541. The number of amides is 1. The fourth-order valence-corrected chi connectivity index (χ4v) is 2.32. The number of carbonyl (C=O) groups excluding carboxylic acids is 1.